The van der Waals surface area contributed by atoms with E-state index in [-0.39, 0.29) is 0 Å². The molecule has 0 saturated carbocycles. The van der Waals surface area contributed by atoms with Gasteiger partial charge in [-0.15, -0.1) is 11.3 Å². The normalized spacial score (nSPS) is 11.8. The number of nitrogen functional groups attached to an aromatic ring is 1. The minimum atomic E-state index is 0.426. The van der Waals surface area contributed by atoms with E-state index >= 15 is 0 Å². The van der Waals surface area contributed by atoms with Crippen LogP contribution in [0.15, 0.2) is 156 Å². The van der Waals surface area contributed by atoms with Gasteiger partial charge in [-0.25, -0.2) is 0 Å². The molecule has 242 valence electrons. The van der Waals surface area contributed by atoms with Gasteiger partial charge < -0.3 is 14.7 Å². The van der Waals surface area contributed by atoms with Gasteiger partial charge in [0.15, 0.2) is 0 Å². The Hall–Kier alpha value is -6.43. The van der Waals surface area contributed by atoms with Gasteiger partial charge >= 0.3 is 0 Å². The van der Waals surface area contributed by atoms with Crippen LogP contribution in [-0.4, -0.2) is 4.57 Å². The number of rotatable bonds is 1. The molecule has 11 aromatic rings. The van der Waals surface area contributed by atoms with Crippen molar-refractivity contribution in [2.24, 2.45) is 0 Å². The summed E-state index contributed by atoms with van der Waals surface area (Å²) in [5, 5.41) is 20.7. The number of nitrogens with two attached hydrogens (primary N) is 1. The Bertz CT molecular complexity index is 3240. The zero-order valence-electron chi connectivity index (χ0n) is 27.8. The highest BCUT2D eigenvalue weighted by Gasteiger charge is 2.22. The zero-order valence-corrected chi connectivity index (χ0v) is 28.6. The number of anilines is 1. The monoisotopic (exact) mass is 673 g/mol. The van der Waals surface area contributed by atoms with Crippen molar-refractivity contribution in [2.75, 3.05) is 5.73 Å². The Morgan fingerprint density at radius 3 is 2.08 bits per heavy atom. The maximum absolute atomic E-state index is 8.13. The Morgan fingerprint density at radius 2 is 1.24 bits per heavy atom. The van der Waals surface area contributed by atoms with Gasteiger partial charge in [0.2, 0.25) is 0 Å². The van der Waals surface area contributed by atoms with Gasteiger partial charge in [0.05, 0.1) is 26.5 Å². The molecule has 0 spiro atoms. The van der Waals surface area contributed by atoms with Gasteiger partial charge in [-0.1, -0.05) is 109 Å². The van der Waals surface area contributed by atoms with Crippen LogP contribution in [0.5, 0.6) is 0 Å². The van der Waals surface area contributed by atoms with Crippen molar-refractivity contribution in [3.8, 4) is 5.69 Å². The number of nitrogens with zero attached hydrogens (tertiary/aromatic N) is 1. The largest absolute Gasteiger partial charge is 0.456 e. The van der Waals surface area contributed by atoms with Gasteiger partial charge in [-0.2, -0.15) is 0 Å². The van der Waals surface area contributed by atoms with Crippen molar-refractivity contribution in [3.63, 3.8) is 0 Å². The third kappa shape index (κ3) is 4.42. The van der Waals surface area contributed by atoms with Crippen LogP contribution in [0.2, 0.25) is 0 Å². The summed E-state index contributed by atoms with van der Waals surface area (Å²) in [5.41, 5.74) is 12.9. The number of nitrogens with one attached hydrogen (secondary N) is 1. The molecular weight excluding hydrogens is 643 g/mol. The third-order valence-electron chi connectivity index (χ3n) is 10.1. The zero-order chi connectivity index (χ0) is 34.2. The number of fused-ring (bicyclic) bond motifs is 14. The van der Waals surface area contributed by atoms with Gasteiger partial charge in [0, 0.05) is 43.0 Å². The number of thiophene rings is 1. The van der Waals surface area contributed by atoms with Crippen molar-refractivity contribution in [3.05, 3.63) is 163 Å². The maximum atomic E-state index is 8.13. The molecular formula is C46H31N3OS. The van der Waals surface area contributed by atoms with E-state index in [4.69, 9.17) is 15.6 Å². The summed E-state index contributed by atoms with van der Waals surface area (Å²) in [4.78, 5) is 0. The molecule has 8 aromatic carbocycles. The molecule has 3 N–H and O–H groups in total. The first-order valence-corrected chi connectivity index (χ1v) is 17.9. The number of hydrogen-bond acceptors (Lipinski definition) is 4. The fraction of sp³-hybridized carbons (Fsp3) is 0.0217. The first-order valence-electron chi connectivity index (χ1n) is 17.1. The van der Waals surface area contributed by atoms with Crippen LogP contribution in [0.1, 0.15) is 5.56 Å². The molecule has 3 aromatic heterocycles. The van der Waals surface area contributed by atoms with Gasteiger partial charge in [-0.05, 0) is 77.0 Å². The quantitative estimate of drug-likeness (QED) is 0.103. The van der Waals surface area contributed by atoms with E-state index in [2.05, 4.69) is 121 Å². The highest BCUT2D eigenvalue weighted by Crippen LogP contribution is 2.49. The lowest BCUT2D eigenvalue weighted by Crippen LogP contribution is -2.05. The number of benzene rings is 8. The van der Waals surface area contributed by atoms with Crippen LogP contribution < -0.4 is 11.1 Å². The minimum absolute atomic E-state index is 0.426. The number of para-hydroxylation sites is 2. The predicted molar refractivity (Wildman–Crippen MR) is 217 cm³/mol. The topological polar surface area (TPSA) is 67.9 Å². The molecule has 0 aliphatic carbocycles. The van der Waals surface area contributed by atoms with Crippen LogP contribution >= 0.6 is 11.3 Å². The molecule has 3 heterocycles. The van der Waals surface area contributed by atoms with Crippen molar-refractivity contribution < 1.29 is 4.42 Å². The standard InChI is InChI=1S/C33H21NS.C13H10N2O/c1-20-14-17-22(18-15-20)34-27-12-6-4-10-24(27)30-26-19-16-21-8-2-3-9-23(21)29(26)31-25-11-5-7-13-28(25)35-33(31)32(30)34;14-9-5-3-7-11-12(9)13(15)8-4-1-2-6-10(8)16-11/h2-19H,1H3;1-7,15H,14H2. The molecule has 0 aliphatic rings. The van der Waals surface area contributed by atoms with E-state index in [1.165, 1.54) is 74.8 Å². The molecule has 11 rings (SSSR count). The highest BCUT2D eigenvalue weighted by atomic mass is 32.1. The average Bonchev–Trinajstić information content (AvgIpc) is 3.72. The minimum Gasteiger partial charge on any atom is -0.456 e. The average molecular weight is 674 g/mol. The van der Waals surface area contributed by atoms with E-state index in [1.807, 2.05) is 47.7 Å². The third-order valence-corrected chi connectivity index (χ3v) is 11.3. The lowest BCUT2D eigenvalue weighted by molar-refractivity contribution is 0.659. The Balaban J connectivity index is 0.000000171. The molecule has 0 atom stereocenters. The summed E-state index contributed by atoms with van der Waals surface area (Å²) >= 11 is 1.92. The van der Waals surface area contributed by atoms with Crippen LogP contribution in [0.3, 0.4) is 0 Å². The van der Waals surface area contributed by atoms with Crippen LogP contribution in [-0.2, 0) is 0 Å². The van der Waals surface area contributed by atoms with Crippen molar-refractivity contribution in [2.45, 2.75) is 6.92 Å². The molecule has 0 bridgehead atoms. The second-order valence-electron chi connectivity index (χ2n) is 13.1. The molecule has 51 heavy (non-hydrogen) atoms. The summed E-state index contributed by atoms with van der Waals surface area (Å²) in [6.45, 7) is 2.15. The molecule has 0 fully saturated rings. The molecule has 0 aliphatic heterocycles. The molecule has 0 saturated heterocycles. The Labute approximate surface area is 296 Å². The molecule has 4 nitrogen and oxygen atoms in total. The molecule has 0 radical (unpaired) electrons. The van der Waals surface area contributed by atoms with Gasteiger partial charge in [0.25, 0.3) is 0 Å². The summed E-state index contributed by atoms with van der Waals surface area (Å²) in [6, 6.07) is 53.1. The molecule has 0 amide bonds. The second kappa shape index (κ2) is 11.3. The number of aromatic nitrogens is 1. The lowest BCUT2D eigenvalue weighted by atomic mass is 9.94. The number of aryl methyl sites for hydroxylation is 1. The first-order chi connectivity index (χ1) is 25.1. The van der Waals surface area contributed by atoms with Gasteiger partial charge in [0.1, 0.15) is 11.2 Å². The lowest BCUT2D eigenvalue weighted by Gasteiger charge is -2.12. The van der Waals surface area contributed by atoms with E-state index in [9.17, 15) is 0 Å². The molecule has 5 heteroatoms. The van der Waals surface area contributed by atoms with E-state index in [1.54, 1.807) is 6.07 Å². The summed E-state index contributed by atoms with van der Waals surface area (Å²) < 4.78 is 10.9. The van der Waals surface area contributed by atoms with Crippen molar-refractivity contribution >= 4 is 102 Å². The SMILES string of the molecule is Cc1ccc(-n2c3ccccc3c3c4ccc5ccccc5c4c4c5ccccc5sc4c32)cc1.N=c1c2ccccc2oc2cccc(N)c12. The fourth-order valence-electron chi connectivity index (χ4n) is 7.82. The van der Waals surface area contributed by atoms with E-state index < -0.39 is 0 Å². The summed E-state index contributed by atoms with van der Waals surface area (Å²) in [7, 11) is 0. The maximum Gasteiger partial charge on any atom is 0.138 e. The van der Waals surface area contributed by atoms with E-state index in [0.29, 0.717) is 27.6 Å². The predicted octanol–water partition coefficient (Wildman–Crippen LogP) is 12.4. The fourth-order valence-corrected chi connectivity index (χ4v) is 9.07. The molecule has 0 unspecified atom stereocenters. The van der Waals surface area contributed by atoms with Crippen LogP contribution in [0, 0.1) is 12.3 Å². The van der Waals surface area contributed by atoms with Crippen LogP contribution in [0.25, 0.3) is 91.1 Å². The highest BCUT2D eigenvalue weighted by molar-refractivity contribution is 7.27. The second-order valence-corrected chi connectivity index (χ2v) is 14.2. The van der Waals surface area contributed by atoms with E-state index in [0.717, 1.165) is 5.39 Å². The Kier molecular flexibility index (Phi) is 6.54. The number of hydrogen-bond donors (Lipinski definition) is 2. The summed E-state index contributed by atoms with van der Waals surface area (Å²) in [5.74, 6) is 0. The van der Waals surface area contributed by atoms with Crippen LogP contribution in [0.4, 0.5) is 5.69 Å². The van der Waals surface area contributed by atoms with Gasteiger partial charge in [-0.3, -0.25) is 5.41 Å². The van der Waals surface area contributed by atoms with Crippen molar-refractivity contribution in [1.82, 2.24) is 4.57 Å². The van der Waals surface area contributed by atoms with Crippen molar-refractivity contribution in [1.29, 1.82) is 5.41 Å². The smallest absolute Gasteiger partial charge is 0.138 e. The first kappa shape index (κ1) is 29.5. The summed E-state index contributed by atoms with van der Waals surface area (Å²) in [6.07, 6.45) is 0. The Morgan fingerprint density at radius 1 is 0.549 bits per heavy atom.